The summed E-state index contributed by atoms with van der Waals surface area (Å²) in [7, 11) is -43.5. The van der Waals surface area contributed by atoms with Gasteiger partial charge >= 0.3 is 112 Å². The summed E-state index contributed by atoms with van der Waals surface area (Å²) >= 11 is 0. The molecule has 68 heavy (non-hydrogen) atoms. The van der Waals surface area contributed by atoms with E-state index in [4.69, 9.17) is 67.5 Å². The van der Waals surface area contributed by atoms with Gasteiger partial charge in [-0.2, -0.15) is 0 Å². The number of hydrogen-bond donors (Lipinski definition) is 1. The molecule has 0 saturated carbocycles. The van der Waals surface area contributed by atoms with E-state index in [-0.39, 0.29) is 0 Å². The minimum absolute atomic E-state index is 0.401. The Morgan fingerprint density at radius 1 is 0.206 bits per heavy atom. The Bertz CT molecular complexity index is 1410. The predicted octanol–water partition coefficient (Wildman–Crippen LogP) is 12.4. The van der Waals surface area contributed by atoms with Gasteiger partial charge < -0.3 is 67.5 Å². The Labute approximate surface area is 435 Å². The van der Waals surface area contributed by atoms with Gasteiger partial charge in [0.15, 0.2) is 25.0 Å². The second kappa shape index (κ2) is 24.2. The summed E-state index contributed by atoms with van der Waals surface area (Å²) < 4.78 is 105. The van der Waals surface area contributed by atoms with Crippen molar-refractivity contribution in [1.29, 1.82) is 0 Å². The molecular formula is C36H107NO15Si16. The zero-order chi connectivity index (χ0) is 54.7. The Balaban J connectivity index is 7.32. The molecule has 16 nitrogen and oxygen atoms in total. The molecule has 0 fully saturated rings. The summed E-state index contributed by atoms with van der Waals surface area (Å²) in [5.74, 6) is 0. The summed E-state index contributed by atoms with van der Waals surface area (Å²) in [6.07, 6.45) is 0.581. The van der Waals surface area contributed by atoms with E-state index >= 15 is 0 Å². The molecule has 0 atom stereocenters. The summed E-state index contributed by atoms with van der Waals surface area (Å²) in [4.78, 5) is 0. The molecule has 0 bridgehead atoms. The van der Waals surface area contributed by atoms with E-state index in [0.29, 0.717) is 19.0 Å². The van der Waals surface area contributed by atoms with Crippen molar-refractivity contribution in [3.05, 3.63) is 0 Å². The zero-order valence-electron chi connectivity index (χ0n) is 49.8. The van der Waals surface area contributed by atoms with Crippen LogP contribution < -0.4 is 5.73 Å². The maximum atomic E-state index is 7.46. The van der Waals surface area contributed by atoms with Crippen molar-refractivity contribution in [2.45, 2.75) is 229 Å². The smallest absolute Gasteiger partial charge is 0.437 e. The molecule has 0 radical (unpaired) electrons. The average molecular weight is 1240 g/mol. The molecular weight excluding hydrogens is 1140 g/mol. The van der Waals surface area contributed by atoms with E-state index in [1.165, 1.54) is 0 Å². The number of rotatable bonds is 33. The van der Waals surface area contributed by atoms with Gasteiger partial charge in [0.05, 0.1) is 0 Å². The molecule has 0 heterocycles. The second-order valence-electron chi connectivity index (χ2n) is 26.2. The van der Waals surface area contributed by atoms with Crippen molar-refractivity contribution in [3.8, 4) is 0 Å². The molecule has 0 aromatic carbocycles. The lowest BCUT2D eigenvalue weighted by atomic mass is 10.5. The van der Waals surface area contributed by atoms with Gasteiger partial charge in [0.25, 0.3) is 0 Å². The first-order valence-electron chi connectivity index (χ1n) is 24.4. The van der Waals surface area contributed by atoms with E-state index in [9.17, 15) is 0 Å². The lowest BCUT2D eigenvalue weighted by molar-refractivity contribution is 0.178. The highest BCUT2D eigenvalue weighted by atomic mass is 28.6. The molecule has 0 unspecified atom stereocenters. The van der Waals surface area contributed by atoms with Crippen LogP contribution in [0.2, 0.25) is 222 Å². The maximum absolute atomic E-state index is 7.46. The quantitative estimate of drug-likeness (QED) is 0.0617. The minimum atomic E-state index is -3.85. The number of hydrogen-bond acceptors (Lipinski definition) is 16. The van der Waals surface area contributed by atoms with Gasteiger partial charge in [-0.3, -0.25) is 0 Å². The first-order chi connectivity index (χ1) is 29.2. The third-order valence-electron chi connectivity index (χ3n) is 7.97. The molecule has 410 valence electrons. The summed E-state index contributed by atoms with van der Waals surface area (Å²) in [6, 6.07) is 0.420. The predicted molar refractivity (Wildman–Crippen MR) is 320 cm³/mol. The molecule has 0 amide bonds. The van der Waals surface area contributed by atoms with Crippen LogP contribution in [-0.4, -0.2) is 143 Å². The van der Waals surface area contributed by atoms with Crippen molar-refractivity contribution in [2.24, 2.45) is 5.73 Å². The van der Waals surface area contributed by atoms with Crippen LogP contribution in [0.15, 0.2) is 0 Å². The van der Waals surface area contributed by atoms with Crippen molar-refractivity contribution in [1.82, 2.24) is 0 Å². The Kier molecular flexibility index (Phi) is 25.2. The Morgan fingerprint density at radius 3 is 0.471 bits per heavy atom. The standard InChI is InChI=1S/C36H107NO15Si16/c1-53(2,3)38-56(10,11)41-59(16,17)44-62(22,23)47-65(28,29)50-68(36-34-35-37,51-66(30,31)48-63(24,25)45-60(18,19)42-57(12,13)39-54(4,5)6)52-67(32,33)49-64(26,27)46-61(20,21)43-58(14,15)40-55(7,8)9/h34-37H2,1-33H3. The van der Waals surface area contributed by atoms with Gasteiger partial charge in [-0.05, 0) is 229 Å². The van der Waals surface area contributed by atoms with Crippen LogP contribution in [0.1, 0.15) is 6.42 Å². The highest BCUT2D eigenvalue weighted by molar-refractivity contribution is 6.96. The summed E-state index contributed by atoms with van der Waals surface area (Å²) in [6.45, 7) is 69.7. The third kappa shape index (κ3) is 33.1. The lowest BCUT2D eigenvalue weighted by Gasteiger charge is -2.48. The number of nitrogens with two attached hydrogens (primary N) is 1. The molecule has 32 heteroatoms. The fourth-order valence-electron chi connectivity index (χ4n) is 9.45. The van der Waals surface area contributed by atoms with E-state index in [0.717, 1.165) is 0 Å². The minimum Gasteiger partial charge on any atom is -0.437 e. The van der Waals surface area contributed by atoms with Crippen LogP contribution in [-0.2, 0) is 61.7 Å². The fourth-order valence-corrected chi connectivity index (χ4v) is 88.7. The molecule has 0 rings (SSSR count). The van der Waals surface area contributed by atoms with Gasteiger partial charge in [-0.1, -0.05) is 0 Å². The normalized spacial score (nSPS) is 16.0. The fraction of sp³-hybridized carbons (Fsp3) is 1.00. The zero-order valence-corrected chi connectivity index (χ0v) is 65.8. The van der Waals surface area contributed by atoms with Crippen LogP contribution >= 0.6 is 0 Å². The molecule has 0 aliphatic heterocycles. The first kappa shape index (κ1) is 70.8. The average Bonchev–Trinajstić information content (AvgIpc) is 2.83. The van der Waals surface area contributed by atoms with Gasteiger partial charge in [-0.25, -0.2) is 0 Å². The van der Waals surface area contributed by atoms with Gasteiger partial charge in [0.1, 0.15) is 0 Å². The molecule has 0 saturated heterocycles. The van der Waals surface area contributed by atoms with E-state index in [1.807, 2.05) is 39.3 Å². The van der Waals surface area contributed by atoms with E-state index in [1.54, 1.807) is 0 Å². The first-order valence-corrected chi connectivity index (χ1v) is 70.3. The largest absolute Gasteiger partial charge is 0.474 e. The van der Waals surface area contributed by atoms with Crippen LogP contribution in [0.25, 0.3) is 0 Å². The maximum Gasteiger partial charge on any atom is 0.474 e. The molecule has 2 N–H and O–H groups in total. The van der Waals surface area contributed by atoms with Crippen molar-refractivity contribution in [3.63, 3.8) is 0 Å². The molecule has 0 aliphatic rings. The molecule has 0 spiro atoms. The summed E-state index contributed by atoms with van der Waals surface area (Å²) in [5.41, 5.74) is 6.32. The molecule has 0 aromatic rings. The van der Waals surface area contributed by atoms with Crippen LogP contribution in [0.4, 0.5) is 0 Å². The molecule has 0 aromatic heterocycles. The van der Waals surface area contributed by atoms with Gasteiger partial charge in [-0.15, -0.1) is 0 Å². The van der Waals surface area contributed by atoms with E-state index in [2.05, 4.69) is 177 Å². The monoisotopic (exact) mass is 1240 g/mol. The van der Waals surface area contributed by atoms with Crippen molar-refractivity contribution in [2.75, 3.05) is 6.54 Å². The third-order valence-corrected chi connectivity index (χ3v) is 67.2. The van der Waals surface area contributed by atoms with Crippen molar-refractivity contribution >= 4 is 136 Å². The topological polar surface area (TPSA) is 164 Å². The van der Waals surface area contributed by atoms with Crippen LogP contribution in [0, 0.1) is 0 Å². The highest BCUT2D eigenvalue weighted by Crippen LogP contribution is 2.36. The van der Waals surface area contributed by atoms with Crippen LogP contribution in [0.3, 0.4) is 0 Å². The lowest BCUT2D eigenvalue weighted by Crippen LogP contribution is -2.68. The van der Waals surface area contributed by atoms with E-state index < -0.39 is 136 Å². The second-order valence-corrected chi connectivity index (χ2v) is 86.6. The van der Waals surface area contributed by atoms with Crippen molar-refractivity contribution < 1.29 is 61.7 Å². The molecule has 0 aliphatic carbocycles. The summed E-state index contributed by atoms with van der Waals surface area (Å²) in [5, 5.41) is 0. The van der Waals surface area contributed by atoms with Gasteiger partial charge in [0, 0.05) is 6.04 Å². The Hall–Kier alpha value is 2.83. The highest BCUT2D eigenvalue weighted by Gasteiger charge is 2.58. The van der Waals surface area contributed by atoms with Crippen LogP contribution in [0.5, 0.6) is 0 Å². The SMILES string of the molecule is C[Si](C)(C)O[Si](C)(C)O[Si](C)(C)O[Si](C)(C)O[Si](C)(C)O[Si](CCCN)(O[Si](C)(C)O[Si](C)(C)O[Si](C)(C)O[Si](C)(C)O[Si](C)(C)C)O[Si](C)(C)O[Si](C)(C)O[Si](C)(C)O[Si](C)(C)O[Si](C)(C)C. The van der Waals surface area contributed by atoms with Gasteiger partial charge in [0.2, 0.25) is 0 Å². The Morgan fingerprint density at radius 2 is 0.338 bits per heavy atom.